The maximum absolute atomic E-state index is 11.0. The highest BCUT2D eigenvalue weighted by Crippen LogP contribution is 2.04. The molecule has 3 N–H and O–H groups in total. The monoisotopic (exact) mass is 194 g/mol. The predicted octanol–water partition coefficient (Wildman–Crippen LogP) is 0.720. The van der Waals surface area contributed by atoms with Crippen LogP contribution in [0.2, 0.25) is 0 Å². The van der Waals surface area contributed by atoms with Gasteiger partial charge in [-0.2, -0.15) is 0 Å². The first kappa shape index (κ1) is 10.0. The summed E-state index contributed by atoms with van der Waals surface area (Å²) in [5.41, 5.74) is 5.39. The molecular weight excluding hydrogens is 184 g/mol. The molecule has 5 heteroatoms. The van der Waals surface area contributed by atoms with Crippen LogP contribution in [0.3, 0.4) is 0 Å². The second-order valence-electron chi connectivity index (χ2n) is 2.53. The molecule has 1 aromatic rings. The van der Waals surface area contributed by atoms with Crippen LogP contribution in [0, 0.1) is 0 Å². The van der Waals surface area contributed by atoms with Crippen LogP contribution in [0.15, 0.2) is 30.3 Å². The van der Waals surface area contributed by atoms with Gasteiger partial charge in [-0.3, -0.25) is 10.1 Å². The van der Waals surface area contributed by atoms with Gasteiger partial charge < -0.3 is 10.5 Å². The van der Waals surface area contributed by atoms with Gasteiger partial charge in [-0.1, -0.05) is 18.2 Å². The van der Waals surface area contributed by atoms with Gasteiger partial charge in [0, 0.05) is 5.69 Å². The van der Waals surface area contributed by atoms with Crippen molar-refractivity contribution in [3.05, 3.63) is 30.3 Å². The highest BCUT2D eigenvalue weighted by atomic mass is 16.6. The van der Waals surface area contributed by atoms with Crippen molar-refractivity contribution in [2.45, 2.75) is 0 Å². The molecule has 0 unspecified atom stereocenters. The van der Waals surface area contributed by atoms with E-state index in [0.717, 1.165) is 0 Å². The first-order chi connectivity index (χ1) is 6.68. The Kier molecular flexibility index (Phi) is 3.49. The van der Waals surface area contributed by atoms with Gasteiger partial charge in [0.1, 0.15) is 0 Å². The zero-order chi connectivity index (χ0) is 10.4. The minimum atomic E-state index is -0.699. The number of carbonyl (C=O) groups is 2. The molecular formula is C9H10N2O3. The molecule has 2 amide bonds. The molecule has 1 rings (SSSR count). The van der Waals surface area contributed by atoms with Crippen LogP contribution in [-0.4, -0.2) is 18.6 Å². The Labute approximate surface area is 80.9 Å². The first-order valence-electron chi connectivity index (χ1n) is 3.95. The molecule has 0 aromatic heterocycles. The Morgan fingerprint density at radius 1 is 1.29 bits per heavy atom. The van der Waals surface area contributed by atoms with Gasteiger partial charge in [-0.25, -0.2) is 4.79 Å². The van der Waals surface area contributed by atoms with Crippen molar-refractivity contribution in [2.24, 2.45) is 5.73 Å². The van der Waals surface area contributed by atoms with E-state index >= 15 is 0 Å². The van der Waals surface area contributed by atoms with Crippen LogP contribution < -0.4 is 11.1 Å². The number of carbonyl (C=O) groups excluding carboxylic acids is 2. The molecule has 1 aromatic carbocycles. The lowest BCUT2D eigenvalue weighted by atomic mass is 10.3. The van der Waals surface area contributed by atoms with Crippen molar-refractivity contribution >= 4 is 17.7 Å². The van der Waals surface area contributed by atoms with Crippen LogP contribution in [-0.2, 0) is 9.53 Å². The van der Waals surface area contributed by atoms with E-state index < -0.39 is 18.6 Å². The molecule has 0 atom stereocenters. The van der Waals surface area contributed by atoms with Crippen molar-refractivity contribution < 1.29 is 14.3 Å². The third-order valence-electron chi connectivity index (χ3n) is 1.37. The fourth-order valence-electron chi connectivity index (χ4n) is 0.812. The molecule has 74 valence electrons. The van der Waals surface area contributed by atoms with Gasteiger partial charge in [0.15, 0.2) is 6.61 Å². The van der Waals surface area contributed by atoms with E-state index in [1.54, 1.807) is 24.3 Å². The fraction of sp³-hybridized carbons (Fsp3) is 0.111. The molecule has 0 spiro atoms. The van der Waals surface area contributed by atoms with Crippen LogP contribution in [0.1, 0.15) is 0 Å². The molecule has 0 saturated heterocycles. The molecule has 0 heterocycles. The Balaban J connectivity index is 2.38. The quantitative estimate of drug-likeness (QED) is 0.743. The first-order valence-corrected chi connectivity index (χ1v) is 3.95. The molecule has 0 fully saturated rings. The van der Waals surface area contributed by atoms with E-state index in [2.05, 4.69) is 10.1 Å². The van der Waals surface area contributed by atoms with Gasteiger partial charge in [0.2, 0.25) is 0 Å². The lowest BCUT2D eigenvalue weighted by Crippen LogP contribution is -2.23. The van der Waals surface area contributed by atoms with Crippen molar-refractivity contribution in [1.82, 2.24) is 0 Å². The second-order valence-corrected chi connectivity index (χ2v) is 2.53. The number of hydrogen-bond donors (Lipinski definition) is 2. The Morgan fingerprint density at radius 3 is 2.50 bits per heavy atom. The summed E-state index contributed by atoms with van der Waals surface area (Å²) >= 11 is 0. The number of nitrogens with two attached hydrogens (primary N) is 1. The number of para-hydroxylation sites is 1. The molecule has 0 saturated carbocycles. The largest absolute Gasteiger partial charge is 0.439 e. The van der Waals surface area contributed by atoms with Crippen LogP contribution in [0.25, 0.3) is 0 Å². The number of primary amides is 1. The summed E-state index contributed by atoms with van der Waals surface area (Å²) in [6.07, 6.45) is -0.699. The van der Waals surface area contributed by atoms with Crippen LogP contribution in [0.5, 0.6) is 0 Å². The normalized spacial score (nSPS) is 9.14. The Morgan fingerprint density at radius 2 is 1.93 bits per heavy atom. The SMILES string of the molecule is NC(=O)COC(=O)Nc1ccccc1. The average molecular weight is 194 g/mol. The van der Waals surface area contributed by atoms with Gasteiger partial charge in [0.25, 0.3) is 5.91 Å². The maximum atomic E-state index is 11.0. The van der Waals surface area contributed by atoms with Gasteiger partial charge in [0.05, 0.1) is 0 Å². The third kappa shape index (κ3) is 3.57. The highest BCUT2D eigenvalue weighted by molar-refractivity contribution is 5.86. The minimum absolute atomic E-state index is 0.418. The number of nitrogens with one attached hydrogen (secondary N) is 1. The molecule has 5 nitrogen and oxygen atoms in total. The van der Waals surface area contributed by atoms with Gasteiger partial charge >= 0.3 is 6.09 Å². The zero-order valence-electron chi connectivity index (χ0n) is 7.40. The van der Waals surface area contributed by atoms with Crippen molar-refractivity contribution in [3.8, 4) is 0 Å². The number of benzene rings is 1. The number of hydrogen-bond acceptors (Lipinski definition) is 3. The third-order valence-corrected chi connectivity index (χ3v) is 1.37. The van der Waals surface area contributed by atoms with E-state index in [1.807, 2.05) is 6.07 Å². The minimum Gasteiger partial charge on any atom is -0.439 e. The Bertz CT molecular complexity index is 324. The van der Waals surface area contributed by atoms with E-state index in [1.165, 1.54) is 0 Å². The van der Waals surface area contributed by atoms with E-state index in [9.17, 15) is 9.59 Å². The molecule has 14 heavy (non-hydrogen) atoms. The predicted molar refractivity (Wildman–Crippen MR) is 50.6 cm³/mol. The molecule has 0 aliphatic rings. The van der Waals surface area contributed by atoms with Crippen molar-refractivity contribution in [1.29, 1.82) is 0 Å². The summed E-state index contributed by atoms with van der Waals surface area (Å²) in [6.45, 7) is -0.418. The summed E-state index contributed by atoms with van der Waals surface area (Å²) < 4.78 is 4.48. The zero-order valence-corrected chi connectivity index (χ0v) is 7.40. The van der Waals surface area contributed by atoms with Crippen LogP contribution >= 0.6 is 0 Å². The highest BCUT2D eigenvalue weighted by Gasteiger charge is 2.03. The Hall–Kier alpha value is -2.04. The van der Waals surface area contributed by atoms with Gasteiger partial charge in [-0.05, 0) is 12.1 Å². The number of anilines is 1. The van der Waals surface area contributed by atoms with E-state index in [4.69, 9.17) is 5.73 Å². The number of amides is 2. The summed E-state index contributed by atoms with van der Waals surface area (Å²) in [5.74, 6) is -0.687. The molecule has 0 bridgehead atoms. The lowest BCUT2D eigenvalue weighted by Gasteiger charge is -2.04. The topological polar surface area (TPSA) is 81.4 Å². The summed E-state index contributed by atoms with van der Waals surface area (Å²) in [5, 5.41) is 2.43. The summed E-state index contributed by atoms with van der Waals surface area (Å²) in [6, 6.07) is 8.75. The smallest absolute Gasteiger partial charge is 0.412 e. The fourth-order valence-corrected chi connectivity index (χ4v) is 0.812. The lowest BCUT2D eigenvalue weighted by molar-refractivity contribution is -0.120. The molecule has 0 aliphatic heterocycles. The molecule has 0 radical (unpaired) electrons. The number of rotatable bonds is 3. The summed E-state index contributed by atoms with van der Waals surface area (Å²) in [4.78, 5) is 21.2. The van der Waals surface area contributed by atoms with Crippen molar-refractivity contribution in [3.63, 3.8) is 0 Å². The standard InChI is InChI=1S/C9H10N2O3/c10-8(12)6-14-9(13)11-7-4-2-1-3-5-7/h1-5H,6H2,(H2,10,12)(H,11,13). The average Bonchev–Trinajstić information content (AvgIpc) is 2.16. The van der Waals surface area contributed by atoms with E-state index in [0.29, 0.717) is 5.69 Å². The second kappa shape index (κ2) is 4.86. The van der Waals surface area contributed by atoms with Gasteiger partial charge in [-0.15, -0.1) is 0 Å². The van der Waals surface area contributed by atoms with Crippen molar-refractivity contribution in [2.75, 3.05) is 11.9 Å². The molecule has 0 aliphatic carbocycles. The summed E-state index contributed by atoms with van der Waals surface area (Å²) in [7, 11) is 0. The number of ether oxygens (including phenoxy) is 1. The van der Waals surface area contributed by atoms with Crippen LogP contribution in [0.4, 0.5) is 10.5 Å². The van der Waals surface area contributed by atoms with E-state index in [-0.39, 0.29) is 0 Å². The maximum Gasteiger partial charge on any atom is 0.412 e.